The van der Waals surface area contributed by atoms with Crippen LogP contribution in [-0.2, 0) is 6.42 Å². The number of benzene rings is 1. The summed E-state index contributed by atoms with van der Waals surface area (Å²) < 4.78 is 0. The van der Waals surface area contributed by atoms with Gasteiger partial charge < -0.3 is 5.11 Å². The largest absolute Gasteiger partial charge is 0.508 e. The summed E-state index contributed by atoms with van der Waals surface area (Å²) in [5.41, 5.74) is 4.87. The van der Waals surface area contributed by atoms with Gasteiger partial charge in [0.05, 0.1) is 0 Å². The van der Waals surface area contributed by atoms with Crippen LogP contribution in [0.1, 0.15) is 28.7 Å². The van der Waals surface area contributed by atoms with Gasteiger partial charge in [0.1, 0.15) is 5.76 Å². The van der Waals surface area contributed by atoms with Crippen molar-refractivity contribution in [2.75, 3.05) is 0 Å². The fourth-order valence-electron chi connectivity index (χ4n) is 1.80. The van der Waals surface area contributed by atoms with E-state index in [-0.39, 0.29) is 0 Å². The molecule has 0 unspecified atom stereocenters. The summed E-state index contributed by atoms with van der Waals surface area (Å²) in [5, 5.41) is 9.64. The number of hydrogen-bond donors (Lipinski definition) is 1. The Balaban J connectivity index is 2.61. The maximum absolute atomic E-state index is 9.64. The van der Waals surface area contributed by atoms with Crippen molar-refractivity contribution in [1.82, 2.24) is 0 Å². The molecule has 68 valence electrons. The van der Waals surface area contributed by atoms with Crippen LogP contribution in [0.25, 0.3) is 5.76 Å². The molecule has 0 fully saturated rings. The molecule has 1 aromatic rings. The topological polar surface area (TPSA) is 20.2 Å². The summed E-state index contributed by atoms with van der Waals surface area (Å²) in [4.78, 5) is 0. The van der Waals surface area contributed by atoms with Gasteiger partial charge in [-0.25, -0.2) is 0 Å². The maximum Gasteiger partial charge on any atom is 0.119 e. The van der Waals surface area contributed by atoms with Crippen molar-refractivity contribution in [2.45, 2.75) is 26.7 Å². The van der Waals surface area contributed by atoms with Gasteiger partial charge in [0.25, 0.3) is 0 Å². The Morgan fingerprint density at radius 3 is 2.62 bits per heavy atom. The predicted molar refractivity (Wildman–Crippen MR) is 54.8 cm³/mol. The van der Waals surface area contributed by atoms with Crippen LogP contribution in [0, 0.1) is 13.8 Å². The first-order chi connectivity index (χ1) is 6.18. The second-order valence-corrected chi connectivity index (χ2v) is 3.72. The smallest absolute Gasteiger partial charge is 0.119 e. The van der Waals surface area contributed by atoms with E-state index in [0.717, 1.165) is 18.4 Å². The number of aliphatic hydroxyl groups is 1. The molecule has 0 aromatic heterocycles. The lowest BCUT2D eigenvalue weighted by Crippen LogP contribution is -2.01. The molecule has 1 N–H and O–H groups in total. The van der Waals surface area contributed by atoms with Crippen LogP contribution in [0.3, 0.4) is 0 Å². The molecule has 0 atom stereocenters. The predicted octanol–water partition coefficient (Wildman–Crippen LogP) is 3.15. The number of fused-ring (bicyclic) bond motifs is 1. The summed E-state index contributed by atoms with van der Waals surface area (Å²) in [6.07, 6.45) is 3.92. The van der Waals surface area contributed by atoms with Gasteiger partial charge in [-0.1, -0.05) is 6.07 Å². The minimum atomic E-state index is 0.448. The second-order valence-electron chi connectivity index (χ2n) is 3.72. The van der Waals surface area contributed by atoms with E-state index in [4.69, 9.17) is 0 Å². The van der Waals surface area contributed by atoms with Gasteiger partial charge in [-0.2, -0.15) is 0 Å². The highest BCUT2D eigenvalue weighted by atomic mass is 16.3. The summed E-state index contributed by atoms with van der Waals surface area (Å²) in [7, 11) is 0. The highest BCUT2D eigenvalue weighted by molar-refractivity contribution is 5.65. The molecule has 1 aliphatic carbocycles. The fraction of sp³-hybridized carbons (Fsp3) is 0.333. The van der Waals surface area contributed by atoms with Crippen molar-refractivity contribution in [1.29, 1.82) is 0 Å². The molecule has 0 saturated heterocycles. The molecular formula is C12H14O. The lowest BCUT2D eigenvalue weighted by Gasteiger charge is -2.15. The lowest BCUT2D eigenvalue weighted by molar-refractivity contribution is 0.505. The van der Waals surface area contributed by atoms with E-state index in [2.05, 4.69) is 26.0 Å². The molecule has 0 saturated carbocycles. The normalized spacial score (nSPS) is 15.1. The minimum Gasteiger partial charge on any atom is -0.508 e. The zero-order chi connectivity index (χ0) is 9.42. The Bertz CT molecular complexity index is 375. The molecule has 1 heteroatoms. The Hall–Kier alpha value is -1.24. The van der Waals surface area contributed by atoms with Crippen LogP contribution < -0.4 is 0 Å². The van der Waals surface area contributed by atoms with Gasteiger partial charge >= 0.3 is 0 Å². The van der Waals surface area contributed by atoms with Gasteiger partial charge in [-0.15, -0.1) is 0 Å². The van der Waals surface area contributed by atoms with Crippen molar-refractivity contribution in [3.63, 3.8) is 0 Å². The Morgan fingerprint density at radius 2 is 1.85 bits per heavy atom. The monoisotopic (exact) mass is 174 g/mol. The van der Waals surface area contributed by atoms with Crippen LogP contribution in [-0.4, -0.2) is 5.11 Å². The van der Waals surface area contributed by atoms with Crippen LogP contribution in [0.15, 0.2) is 18.2 Å². The van der Waals surface area contributed by atoms with Crippen LogP contribution in [0.5, 0.6) is 0 Å². The zero-order valence-corrected chi connectivity index (χ0v) is 8.09. The standard InChI is InChI=1S/C12H14O/c1-8-6-10-4-3-5-12(13)11(10)7-9(8)2/h5-7,13H,3-4H2,1-2H3. The molecule has 13 heavy (non-hydrogen) atoms. The first-order valence-electron chi connectivity index (χ1n) is 4.68. The van der Waals surface area contributed by atoms with Crippen LogP contribution in [0.4, 0.5) is 0 Å². The minimum absolute atomic E-state index is 0.448. The number of rotatable bonds is 0. The summed E-state index contributed by atoms with van der Waals surface area (Å²) in [5.74, 6) is 0.448. The Kier molecular flexibility index (Phi) is 1.87. The lowest BCUT2D eigenvalue weighted by atomic mass is 9.92. The molecule has 2 rings (SSSR count). The number of hydrogen-bond acceptors (Lipinski definition) is 1. The van der Waals surface area contributed by atoms with Crippen molar-refractivity contribution in [2.24, 2.45) is 0 Å². The van der Waals surface area contributed by atoms with Crippen LogP contribution in [0.2, 0.25) is 0 Å². The molecule has 0 aliphatic heterocycles. The van der Waals surface area contributed by atoms with E-state index in [1.54, 1.807) is 0 Å². The van der Waals surface area contributed by atoms with E-state index in [1.807, 2.05) is 6.08 Å². The molecule has 0 heterocycles. The third-order valence-corrected chi connectivity index (χ3v) is 2.75. The molecule has 1 nitrogen and oxygen atoms in total. The van der Waals surface area contributed by atoms with Gasteiger partial charge in [-0.05, 0) is 55.5 Å². The fourth-order valence-corrected chi connectivity index (χ4v) is 1.80. The van der Waals surface area contributed by atoms with E-state index >= 15 is 0 Å². The van der Waals surface area contributed by atoms with Gasteiger partial charge in [0, 0.05) is 5.56 Å². The van der Waals surface area contributed by atoms with E-state index in [0.29, 0.717) is 5.76 Å². The highest BCUT2D eigenvalue weighted by Gasteiger charge is 2.12. The molecule has 0 radical (unpaired) electrons. The molecule has 0 spiro atoms. The average molecular weight is 174 g/mol. The molecule has 1 aliphatic rings. The molecule has 0 amide bonds. The van der Waals surface area contributed by atoms with Crippen molar-refractivity contribution >= 4 is 5.76 Å². The average Bonchev–Trinajstić information content (AvgIpc) is 2.09. The highest BCUT2D eigenvalue weighted by Crippen LogP contribution is 2.26. The number of aryl methyl sites for hydroxylation is 3. The van der Waals surface area contributed by atoms with Crippen molar-refractivity contribution < 1.29 is 5.11 Å². The summed E-state index contributed by atoms with van der Waals surface area (Å²) in [6, 6.07) is 4.27. The SMILES string of the molecule is Cc1cc2c(cc1C)C(O)=CCC2. The van der Waals surface area contributed by atoms with Crippen molar-refractivity contribution in [3.8, 4) is 0 Å². The maximum atomic E-state index is 9.64. The molecule has 1 aromatic carbocycles. The van der Waals surface area contributed by atoms with Crippen molar-refractivity contribution in [3.05, 3.63) is 40.5 Å². The number of allylic oxidation sites excluding steroid dienone is 1. The Labute approximate surface area is 78.7 Å². The van der Waals surface area contributed by atoms with Gasteiger partial charge in [-0.3, -0.25) is 0 Å². The van der Waals surface area contributed by atoms with E-state index < -0.39 is 0 Å². The third-order valence-electron chi connectivity index (χ3n) is 2.75. The Morgan fingerprint density at radius 1 is 1.15 bits per heavy atom. The van der Waals surface area contributed by atoms with Gasteiger partial charge in [0.2, 0.25) is 0 Å². The van der Waals surface area contributed by atoms with E-state index in [1.165, 1.54) is 16.7 Å². The summed E-state index contributed by atoms with van der Waals surface area (Å²) >= 11 is 0. The first-order valence-corrected chi connectivity index (χ1v) is 4.68. The molecular weight excluding hydrogens is 160 g/mol. The zero-order valence-electron chi connectivity index (χ0n) is 8.09. The first kappa shape index (κ1) is 8.36. The van der Waals surface area contributed by atoms with E-state index in [9.17, 15) is 5.11 Å². The van der Waals surface area contributed by atoms with Crippen LogP contribution >= 0.6 is 0 Å². The van der Waals surface area contributed by atoms with Gasteiger partial charge in [0.15, 0.2) is 0 Å². The summed E-state index contributed by atoms with van der Waals surface area (Å²) in [6.45, 7) is 4.20. The number of aliphatic hydroxyl groups excluding tert-OH is 1. The second kappa shape index (κ2) is 2.91. The quantitative estimate of drug-likeness (QED) is 0.640. The third kappa shape index (κ3) is 1.35. The molecule has 0 bridgehead atoms.